The summed E-state index contributed by atoms with van der Waals surface area (Å²) in [7, 11) is 0. The molecule has 4 heteroatoms. The predicted octanol–water partition coefficient (Wildman–Crippen LogP) is 3.44. The summed E-state index contributed by atoms with van der Waals surface area (Å²) in [6.45, 7) is 4.80. The fraction of sp³-hybridized carbons (Fsp3) is 0.333. The second-order valence-corrected chi connectivity index (χ2v) is 5.19. The highest BCUT2D eigenvalue weighted by Gasteiger charge is 2.17. The zero-order valence-corrected chi connectivity index (χ0v) is 13.1. The van der Waals surface area contributed by atoms with Gasteiger partial charge in [-0.15, -0.1) is 0 Å². The van der Waals surface area contributed by atoms with Crippen molar-refractivity contribution in [2.45, 2.75) is 33.1 Å². The smallest absolute Gasteiger partial charge is 0.269 e. The largest absolute Gasteiger partial charge is 0.351 e. The molecule has 2 aromatic rings. The van der Waals surface area contributed by atoms with E-state index in [-0.39, 0.29) is 5.91 Å². The van der Waals surface area contributed by atoms with E-state index in [2.05, 4.69) is 25.2 Å². The number of nitriles is 1. The lowest BCUT2D eigenvalue weighted by Gasteiger charge is -2.11. The maximum Gasteiger partial charge on any atom is 0.269 e. The lowest BCUT2D eigenvalue weighted by molar-refractivity contribution is 0.0946. The van der Waals surface area contributed by atoms with Crippen molar-refractivity contribution in [1.29, 1.82) is 5.26 Å². The van der Waals surface area contributed by atoms with Crippen molar-refractivity contribution in [3.05, 3.63) is 53.3 Å². The Morgan fingerprint density at radius 3 is 2.55 bits per heavy atom. The molecule has 0 saturated carbocycles. The summed E-state index contributed by atoms with van der Waals surface area (Å²) in [6.07, 6.45) is 4.69. The van der Waals surface area contributed by atoms with Crippen LogP contribution in [0.1, 0.15) is 48.3 Å². The average Bonchev–Trinajstić information content (AvgIpc) is 2.99. The van der Waals surface area contributed by atoms with Gasteiger partial charge in [0, 0.05) is 18.4 Å². The molecule has 0 aliphatic rings. The summed E-state index contributed by atoms with van der Waals surface area (Å²) in [5.41, 5.74) is 2.93. The number of aromatic nitrogens is 1. The van der Waals surface area contributed by atoms with Gasteiger partial charge in [0.25, 0.3) is 5.91 Å². The van der Waals surface area contributed by atoms with Gasteiger partial charge in [0.05, 0.1) is 5.56 Å². The number of nitrogens with one attached hydrogen (secondary N) is 1. The maximum atomic E-state index is 12.4. The molecule has 0 bridgehead atoms. The van der Waals surface area contributed by atoms with Crippen LogP contribution in [0.25, 0.3) is 5.69 Å². The predicted molar refractivity (Wildman–Crippen MR) is 87.1 cm³/mol. The van der Waals surface area contributed by atoms with Crippen molar-refractivity contribution >= 4 is 5.91 Å². The Balaban J connectivity index is 2.33. The van der Waals surface area contributed by atoms with Gasteiger partial charge in [-0.1, -0.05) is 32.4 Å². The van der Waals surface area contributed by atoms with E-state index in [9.17, 15) is 10.1 Å². The quantitative estimate of drug-likeness (QED) is 0.830. The first-order valence-electron chi connectivity index (χ1n) is 7.70. The molecule has 114 valence electrons. The van der Waals surface area contributed by atoms with Crippen LogP contribution in [0.3, 0.4) is 0 Å². The number of hydrogen-bond donors (Lipinski definition) is 1. The molecule has 0 aliphatic carbocycles. The first-order valence-corrected chi connectivity index (χ1v) is 7.70. The van der Waals surface area contributed by atoms with Gasteiger partial charge in [0.15, 0.2) is 0 Å². The van der Waals surface area contributed by atoms with Crippen LogP contribution in [0, 0.1) is 11.3 Å². The first-order chi connectivity index (χ1) is 10.7. The molecule has 1 amide bonds. The third-order valence-electron chi connectivity index (χ3n) is 3.66. The summed E-state index contributed by atoms with van der Waals surface area (Å²) in [5, 5.41) is 12.1. The van der Waals surface area contributed by atoms with Crippen LogP contribution in [-0.2, 0) is 6.42 Å². The second kappa shape index (κ2) is 7.46. The van der Waals surface area contributed by atoms with Gasteiger partial charge in [-0.05, 0) is 36.6 Å². The van der Waals surface area contributed by atoms with Crippen LogP contribution in [0.5, 0.6) is 0 Å². The summed E-state index contributed by atoms with van der Waals surface area (Å²) >= 11 is 0. The Hall–Kier alpha value is -2.54. The van der Waals surface area contributed by atoms with E-state index in [0.717, 1.165) is 24.9 Å². The number of carbonyl (C=O) groups is 1. The minimum atomic E-state index is -0.199. The molecule has 0 spiro atoms. The Morgan fingerprint density at radius 1 is 1.23 bits per heavy atom. The number of unbranched alkanes of at least 4 members (excludes halogenated alkanes) is 1. The minimum absolute atomic E-state index is 0.199. The lowest BCUT2D eigenvalue weighted by atomic mass is 10.1. The molecule has 1 heterocycles. The van der Waals surface area contributed by atoms with Gasteiger partial charge in [0.2, 0.25) is 0 Å². The lowest BCUT2D eigenvalue weighted by Crippen LogP contribution is -2.27. The third kappa shape index (κ3) is 3.37. The normalized spacial score (nSPS) is 10.2. The van der Waals surface area contributed by atoms with Crippen LogP contribution < -0.4 is 5.32 Å². The molecular weight excluding hydrogens is 274 g/mol. The maximum absolute atomic E-state index is 12.4. The van der Waals surface area contributed by atoms with Crippen molar-refractivity contribution in [3.63, 3.8) is 0 Å². The molecule has 4 nitrogen and oxygen atoms in total. The van der Waals surface area contributed by atoms with Gasteiger partial charge < -0.3 is 9.88 Å². The van der Waals surface area contributed by atoms with Crippen LogP contribution >= 0.6 is 0 Å². The van der Waals surface area contributed by atoms with Crippen molar-refractivity contribution in [3.8, 4) is 11.8 Å². The van der Waals surface area contributed by atoms with Crippen molar-refractivity contribution in [2.75, 3.05) is 6.54 Å². The number of carbonyl (C=O) groups excluding carboxylic acids is 1. The number of hydrogen-bond acceptors (Lipinski definition) is 2. The van der Waals surface area contributed by atoms with E-state index < -0.39 is 0 Å². The highest BCUT2D eigenvalue weighted by atomic mass is 16.1. The van der Waals surface area contributed by atoms with Crippen LogP contribution in [0.2, 0.25) is 0 Å². The van der Waals surface area contributed by atoms with E-state index in [1.165, 1.54) is 5.56 Å². The highest BCUT2D eigenvalue weighted by Crippen LogP contribution is 2.18. The number of rotatable bonds is 6. The van der Waals surface area contributed by atoms with Crippen LogP contribution in [-0.4, -0.2) is 17.0 Å². The summed E-state index contributed by atoms with van der Waals surface area (Å²) in [4.78, 5) is 12.4. The van der Waals surface area contributed by atoms with Crippen LogP contribution in [0.4, 0.5) is 0 Å². The SMILES string of the molecule is CCCCNC(=O)c1c(C#N)ccn1-c1ccc(CC)cc1. The topological polar surface area (TPSA) is 57.8 Å². The zero-order valence-electron chi connectivity index (χ0n) is 13.1. The molecular formula is C18H21N3O. The van der Waals surface area contributed by atoms with Crippen molar-refractivity contribution < 1.29 is 4.79 Å². The first kappa shape index (κ1) is 15.8. The molecule has 0 unspecified atom stereocenters. The third-order valence-corrected chi connectivity index (χ3v) is 3.66. The number of nitrogens with zero attached hydrogens (tertiary/aromatic N) is 2. The van der Waals surface area contributed by atoms with Gasteiger partial charge in [-0.2, -0.15) is 5.26 Å². The zero-order chi connectivity index (χ0) is 15.9. The van der Waals surface area contributed by atoms with E-state index in [0.29, 0.717) is 17.8 Å². The number of aryl methyl sites for hydroxylation is 1. The average molecular weight is 295 g/mol. The molecule has 2 rings (SSSR count). The fourth-order valence-electron chi connectivity index (χ4n) is 2.32. The Morgan fingerprint density at radius 2 is 1.95 bits per heavy atom. The van der Waals surface area contributed by atoms with Gasteiger partial charge in [0.1, 0.15) is 11.8 Å². The fourth-order valence-corrected chi connectivity index (χ4v) is 2.32. The molecule has 0 atom stereocenters. The number of amides is 1. The summed E-state index contributed by atoms with van der Waals surface area (Å²) < 4.78 is 1.78. The Kier molecular flexibility index (Phi) is 5.37. The molecule has 22 heavy (non-hydrogen) atoms. The second-order valence-electron chi connectivity index (χ2n) is 5.19. The molecule has 1 aromatic carbocycles. The monoisotopic (exact) mass is 295 g/mol. The van der Waals surface area contributed by atoms with Gasteiger partial charge in [-0.25, -0.2) is 0 Å². The summed E-state index contributed by atoms with van der Waals surface area (Å²) in [6, 6.07) is 11.8. The van der Waals surface area contributed by atoms with E-state index in [1.807, 2.05) is 24.3 Å². The van der Waals surface area contributed by atoms with Crippen molar-refractivity contribution in [1.82, 2.24) is 9.88 Å². The summed E-state index contributed by atoms with van der Waals surface area (Å²) in [5.74, 6) is -0.199. The number of benzene rings is 1. The van der Waals surface area contributed by atoms with Gasteiger partial charge in [-0.3, -0.25) is 4.79 Å². The highest BCUT2D eigenvalue weighted by molar-refractivity contribution is 5.95. The van der Waals surface area contributed by atoms with E-state index in [4.69, 9.17) is 0 Å². The molecule has 0 fully saturated rings. The molecule has 1 aromatic heterocycles. The molecule has 0 aliphatic heterocycles. The molecule has 0 radical (unpaired) electrons. The minimum Gasteiger partial charge on any atom is -0.351 e. The van der Waals surface area contributed by atoms with Gasteiger partial charge >= 0.3 is 0 Å². The van der Waals surface area contributed by atoms with E-state index >= 15 is 0 Å². The van der Waals surface area contributed by atoms with Crippen LogP contribution in [0.15, 0.2) is 36.5 Å². The Labute approximate surface area is 131 Å². The van der Waals surface area contributed by atoms with E-state index in [1.54, 1.807) is 16.8 Å². The molecule has 0 saturated heterocycles. The Bertz CT molecular complexity index is 677. The van der Waals surface area contributed by atoms with Crippen molar-refractivity contribution in [2.24, 2.45) is 0 Å². The standard InChI is InChI=1S/C18H21N3O/c1-3-5-11-20-18(22)17-15(13-19)10-12-21(17)16-8-6-14(4-2)7-9-16/h6-10,12H,3-5,11H2,1-2H3,(H,20,22). The molecule has 1 N–H and O–H groups in total.